The fourth-order valence-corrected chi connectivity index (χ4v) is 4.11. The summed E-state index contributed by atoms with van der Waals surface area (Å²) in [6.07, 6.45) is 9.34. The highest BCUT2D eigenvalue weighted by Crippen LogP contribution is 2.36. The summed E-state index contributed by atoms with van der Waals surface area (Å²) in [5.74, 6) is 1.99. The summed E-state index contributed by atoms with van der Waals surface area (Å²) < 4.78 is 0. The minimum absolute atomic E-state index is 0.335. The van der Waals surface area contributed by atoms with E-state index in [9.17, 15) is 5.26 Å². The predicted octanol–water partition coefficient (Wildman–Crippen LogP) is 3.17. The fraction of sp³-hybridized carbons (Fsp3) is 0.941. The lowest BCUT2D eigenvalue weighted by Crippen LogP contribution is -2.44. The zero-order chi connectivity index (χ0) is 14.4. The standard InChI is InChI=1S/C17H31N3/c1-3-19-17(2,14-18)10-6-11-20-12-9-15-7-4-5-8-16(15)13-20/h15-16,19H,3-13H2,1-2H3. The van der Waals surface area contributed by atoms with Gasteiger partial charge in [-0.15, -0.1) is 0 Å². The van der Waals surface area contributed by atoms with Gasteiger partial charge in [0, 0.05) is 6.54 Å². The number of hydrogen-bond donors (Lipinski definition) is 1. The largest absolute Gasteiger partial charge is 0.303 e. The van der Waals surface area contributed by atoms with Crippen molar-refractivity contribution in [1.82, 2.24) is 10.2 Å². The molecule has 2 fully saturated rings. The Kier molecular flexibility index (Phi) is 5.86. The van der Waals surface area contributed by atoms with Crippen molar-refractivity contribution in [1.29, 1.82) is 5.26 Å². The monoisotopic (exact) mass is 277 g/mol. The Morgan fingerprint density at radius 2 is 2.00 bits per heavy atom. The second kappa shape index (κ2) is 7.43. The lowest BCUT2D eigenvalue weighted by molar-refractivity contribution is 0.0847. The van der Waals surface area contributed by atoms with Crippen molar-refractivity contribution in [2.24, 2.45) is 11.8 Å². The Bertz CT molecular complexity index is 336. The van der Waals surface area contributed by atoms with E-state index in [1.807, 2.05) is 6.92 Å². The van der Waals surface area contributed by atoms with Crippen molar-refractivity contribution in [3.63, 3.8) is 0 Å². The number of nitrogens with one attached hydrogen (secondary N) is 1. The Morgan fingerprint density at radius 3 is 2.70 bits per heavy atom. The molecule has 0 amide bonds. The third-order valence-corrected chi connectivity index (χ3v) is 5.34. The van der Waals surface area contributed by atoms with Gasteiger partial charge in [0.2, 0.25) is 0 Å². The van der Waals surface area contributed by atoms with E-state index in [1.165, 1.54) is 51.7 Å². The molecule has 1 aliphatic carbocycles. The summed E-state index contributed by atoms with van der Waals surface area (Å²) in [6, 6.07) is 2.43. The topological polar surface area (TPSA) is 39.1 Å². The molecule has 20 heavy (non-hydrogen) atoms. The zero-order valence-corrected chi connectivity index (χ0v) is 13.3. The van der Waals surface area contributed by atoms with Crippen molar-refractivity contribution < 1.29 is 0 Å². The quantitative estimate of drug-likeness (QED) is 0.810. The Balaban J connectivity index is 1.71. The Morgan fingerprint density at radius 1 is 1.25 bits per heavy atom. The van der Waals surface area contributed by atoms with Gasteiger partial charge in [-0.1, -0.05) is 26.2 Å². The van der Waals surface area contributed by atoms with Crippen LogP contribution in [-0.2, 0) is 0 Å². The van der Waals surface area contributed by atoms with Crippen LogP contribution in [0.5, 0.6) is 0 Å². The summed E-state index contributed by atoms with van der Waals surface area (Å²) in [5, 5.41) is 12.6. The molecule has 3 heteroatoms. The van der Waals surface area contributed by atoms with E-state index < -0.39 is 0 Å². The normalized spacial score (nSPS) is 30.2. The van der Waals surface area contributed by atoms with E-state index in [2.05, 4.69) is 23.2 Å². The molecule has 0 spiro atoms. The van der Waals surface area contributed by atoms with Crippen LogP contribution < -0.4 is 5.32 Å². The van der Waals surface area contributed by atoms with Gasteiger partial charge in [0.05, 0.1) is 6.07 Å². The molecule has 114 valence electrons. The van der Waals surface area contributed by atoms with Crippen molar-refractivity contribution in [2.45, 2.75) is 64.3 Å². The molecule has 1 N–H and O–H groups in total. The highest BCUT2D eigenvalue weighted by molar-refractivity contribution is 5.03. The maximum Gasteiger partial charge on any atom is 0.103 e. The molecular formula is C17H31N3. The molecule has 1 aliphatic heterocycles. The number of fused-ring (bicyclic) bond motifs is 1. The fourth-order valence-electron chi connectivity index (χ4n) is 4.11. The molecule has 2 rings (SSSR count). The molecule has 3 unspecified atom stereocenters. The summed E-state index contributed by atoms with van der Waals surface area (Å²) in [4.78, 5) is 2.65. The van der Waals surface area contributed by atoms with E-state index in [-0.39, 0.29) is 5.54 Å². The molecule has 3 nitrogen and oxygen atoms in total. The van der Waals surface area contributed by atoms with Crippen LogP contribution in [-0.4, -0.2) is 36.6 Å². The maximum atomic E-state index is 9.28. The maximum absolute atomic E-state index is 9.28. The van der Waals surface area contributed by atoms with Gasteiger partial charge in [0.1, 0.15) is 5.54 Å². The number of hydrogen-bond acceptors (Lipinski definition) is 3. The van der Waals surface area contributed by atoms with E-state index in [1.54, 1.807) is 0 Å². The van der Waals surface area contributed by atoms with Crippen molar-refractivity contribution in [2.75, 3.05) is 26.2 Å². The number of piperidine rings is 1. The van der Waals surface area contributed by atoms with Crippen molar-refractivity contribution >= 4 is 0 Å². The Hall–Kier alpha value is -0.590. The molecule has 0 bridgehead atoms. The first-order valence-corrected chi connectivity index (χ1v) is 8.55. The number of nitrogens with zero attached hydrogens (tertiary/aromatic N) is 2. The van der Waals surface area contributed by atoms with Gasteiger partial charge in [0.25, 0.3) is 0 Å². The number of likely N-dealkylation sites (tertiary alicyclic amines) is 1. The lowest BCUT2D eigenvalue weighted by Gasteiger charge is -2.41. The van der Waals surface area contributed by atoms with Gasteiger partial charge in [0.15, 0.2) is 0 Å². The van der Waals surface area contributed by atoms with Crippen LogP contribution >= 0.6 is 0 Å². The molecule has 0 aromatic carbocycles. The Labute approximate surface area is 124 Å². The first kappa shape index (κ1) is 15.8. The molecule has 0 aromatic heterocycles. The second-order valence-electron chi connectivity index (χ2n) is 6.97. The van der Waals surface area contributed by atoms with Crippen LogP contribution in [0.4, 0.5) is 0 Å². The SMILES string of the molecule is CCNC(C)(C#N)CCCN1CCC2CCCCC2C1. The third kappa shape index (κ3) is 4.20. The number of nitriles is 1. The first-order valence-electron chi connectivity index (χ1n) is 8.55. The van der Waals surface area contributed by atoms with E-state index in [0.717, 1.165) is 31.2 Å². The minimum atomic E-state index is -0.335. The van der Waals surface area contributed by atoms with Gasteiger partial charge < -0.3 is 4.90 Å². The van der Waals surface area contributed by atoms with Crippen LogP contribution in [0.15, 0.2) is 0 Å². The smallest absolute Gasteiger partial charge is 0.103 e. The lowest BCUT2D eigenvalue weighted by atomic mass is 9.75. The molecular weight excluding hydrogens is 246 g/mol. The van der Waals surface area contributed by atoms with Crippen molar-refractivity contribution in [3.05, 3.63) is 0 Å². The van der Waals surface area contributed by atoms with Crippen LogP contribution in [0.1, 0.15) is 58.8 Å². The van der Waals surface area contributed by atoms with Gasteiger partial charge in [-0.2, -0.15) is 5.26 Å². The minimum Gasteiger partial charge on any atom is -0.303 e. The highest BCUT2D eigenvalue weighted by atomic mass is 15.1. The molecule has 2 aliphatic rings. The molecule has 0 aromatic rings. The van der Waals surface area contributed by atoms with E-state index >= 15 is 0 Å². The summed E-state index contributed by atoms with van der Waals surface area (Å²) in [5.41, 5.74) is -0.335. The molecule has 1 heterocycles. The molecule has 0 radical (unpaired) electrons. The summed E-state index contributed by atoms with van der Waals surface area (Å²) in [6.45, 7) is 8.75. The van der Waals surface area contributed by atoms with Crippen LogP contribution in [0, 0.1) is 23.2 Å². The average molecular weight is 277 g/mol. The van der Waals surface area contributed by atoms with Crippen LogP contribution in [0.2, 0.25) is 0 Å². The summed E-state index contributed by atoms with van der Waals surface area (Å²) in [7, 11) is 0. The van der Waals surface area contributed by atoms with E-state index in [4.69, 9.17) is 0 Å². The predicted molar refractivity (Wildman–Crippen MR) is 83.4 cm³/mol. The van der Waals surface area contributed by atoms with Crippen LogP contribution in [0.25, 0.3) is 0 Å². The van der Waals surface area contributed by atoms with Gasteiger partial charge in [-0.3, -0.25) is 5.32 Å². The first-order chi connectivity index (χ1) is 9.67. The van der Waals surface area contributed by atoms with Gasteiger partial charge >= 0.3 is 0 Å². The van der Waals surface area contributed by atoms with Crippen molar-refractivity contribution in [3.8, 4) is 6.07 Å². The molecule has 1 saturated carbocycles. The van der Waals surface area contributed by atoms with Crippen LogP contribution in [0.3, 0.4) is 0 Å². The molecule has 1 saturated heterocycles. The van der Waals surface area contributed by atoms with Gasteiger partial charge in [-0.25, -0.2) is 0 Å². The van der Waals surface area contributed by atoms with Gasteiger partial charge in [-0.05, 0) is 64.1 Å². The summed E-state index contributed by atoms with van der Waals surface area (Å²) >= 11 is 0. The highest BCUT2D eigenvalue weighted by Gasteiger charge is 2.31. The number of rotatable bonds is 6. The third-order valence-electron chi connectivity index (χ3n) is 5.34. The van der Waals surface area contributed by atoms with E-state index in [0.29, 0.717) is 0 Å². The molecule has 3 atom stereocenters. The second-order valence-corrected chi connectivity index (χ2v) is 6.97. The average Bonchev–Trinajstić information content (AvgIpc) is 2.47. The zero-order valence-electron chi connectivity index (χ0n) is 13.3.